The standard InChI is InChI=1S/C24H27N3O5/c1-31-17-10-11-18(21(15-17)32-2)20-9-6-14-26(20)22(28)13-12-19-23(29)27(24(30)25-19)16-7-4-3-5-8-16/h3-5,7-8,10-11,15,19-20H,6,9,12-14H2,1-2H3,(H,25,30)/t19-,20-/m0/s1. The zero-order chi connectivity index (χ0) is 22.7. The molecule has 0 saturated carbocycles. The fourth-order valence-electron chi connectivity index (χ4n) is 4.44. The molecule has 2 aliphatic rings. The summed E-state index contributed by atoms with van der Waals surface area (Å²) in [5.74, 6) is 1.01. The van der Waals surface area contributed by atoms with Gasteiger partial charge in [0, 0.05) is 24.6 Å². The van der Waals surface area contributed by atoms with Crippen LogP contribution in [-0.2, 0) is 9.59 Å². The lowest BCUT2D eigenvalue weighted by molar-refractivity contribution is -0.132. The molecule has 2 aromatic rings. The molecule has 0 bridgehead atoms. The number of rotatable bonds is 7. The van der Waals surface area contributed by atoms with E-state index in [0.717, 1.165) is 23.3 Å². The molecule has 8 nitrogen and oxygen atoms in total. The van der Waals surface area contributed by atoms with Crippen molar-refractivity contribution in [2.45, 2.75) is 37.8 Å². The second-order valence-electron chi connectivity index (χ2n) is 7.90. The lowest BCUT2D eigenvalue weighted by Crippen LogP contribution is -2.34. The lowest BCUT2D eigenvalue weighted by atomic mass is 10.0. The summed E-state index contributed by atoms with van der Waals surface area (Å²) >= 11 is 0. The van der Waals surface area contributed by atoms with Crippen molar-refractivity contribution in [1.82, 2.24) is 10.2 Å². The van der Waals surface area contributed by atoms with Crippen LogP contribution in [0.3, 0.4) is 0 Å². The molecule has 0 aliphatic carbocycles. The van der Waals surface area contributed by atoms with E-state index in [9.17, 15) is 14.4 Å². The average molecular weight is 437 g/mol. The van der Waals surface area contributed by atoms with Crippen molar-refractivity contribution in [2.24, 2.45) is 0 Å². The van der Waals surface area contributed by atoms with Gasteiger partial charge in [-0.1, -0.05) is 18.2 Å². The predicted octanol–water partition coefficient (Wildman–Crippen LogP) is 3.27. The van der Waals surface area contributed by atoms with Crippen molar-refractivity contribution in [2.75, 3.05) is 25.7 Å². The monoisotopic (exact) mass is 437 g/mol. The Kier molecular flexibility index (Phi) is 6.30. The second-order valence-corrected chi connectivity index (χ2v) is 7.90. The molecule has 2 aromatic carbocycles. The Labute approximate surface area is 187 Å². The van der Waals surface area contributed by atoms with Crippen molar-refractivity contribution in [3.8, 4) is 11.5 Å². The van der Waals surface area contributed by atoms with Gasteiger partial charge in [-0.15, -0.1) is 0 Å². The van der Waals surface area contributed by atoms with E-state index in [0.29, 0.717) is 23.7 Å². The van der Waals surface area contributed by atoms with Crippen molar-refractivity contribution in [1.29, 1.82) is 0 Å². The molecule has 4 amide bonds. The van der Waals surface area contributed by atoms with Crippen LogP contribution in [0.2, 0.25) is 0 Å². The number of likely N-dealkylation sites (tertiary alicyclic amines) is 1. The van der Waals surface area contributed by atoms with Gasteiger partial charge in [0.2, 0.25) is 5.91 Å². The summed E-state index contributed by atoms with van der Waals surface area (Å²) in [6.07, 6.45) is 2.17. The number of ether oxygens (including phenoxy) is 2. The highest BCUT2D eigenvalue weighted by molar-refractivity contribution is 6.21. The summed E-state index contributed by atoms with van der Waals surface area (Å²) in [5.41, 5.74) is 1.47. The van der Waals surface area contributed by atoms with Gasteiger partial charge in [0.1, 0.15) is 17.5 Å². The predicted molar refractivity (Wildman–Crippen MR) is 119 cm³/mol. The van der Waals surface area contributed by atoms with E-state index >= 15 is 0 Å². The molecule has 2 heterocycles. The van der Waals surface area contributed by atoms with Crippen molar-refractivity contribution >= 4 is 23.5 Å². The number of para-hydroxylation sites is 1. The van der Waals surface area contributed by atoms with E-state index in [2.05, 4.69) is 5.32 Å². The number of methoxy groups -OCH3 is 2. The Morgan fingerprint density at radius 3 is 2.59 bits per heavy atom. The maximum Gasteiger partial charge on any atom is 0.329 e. The number of nitrogens with one attached hydrogen (secondary N) is 1. The van der Waals surface area contributed by atoms with Gasteiger partial charge in [-0.25, -0.2) is 9.69 Å². The van der Waals surface area contributed by atoms with E-state index in [1.807, 2.05) is 29.2 Å². The molecule has 0 spiro atoms. The van der Waals surface area contributed by atoms with Gasteiger partial charge in [0.15, 0.2) is 0 Å². The topological polar surface area (TPSA) is 88.2 Å². The molecule has 0 unspecified atom stereocenters. The normalized spacial score (nSPS) is 20.4. The summed E-state index contributed by atoms with van der Waals surface area (Å²) < 4.78 is 10.8. The first kappa shape index (κ1) is 21.7. The van der Waals surface area contributed by atoms with E-state index < -0.39 is 12.1 Å². The zero-order valence-corrected chi connectivity index (χ0v) is 18.2. The first-order valence-corrected chi connectivity index (χ1v) is 10.7. The summed E-state index contributed by atoms with van der Waals surface area (Å²) in [6, 6.07) is 13.2. The number of nitrogens with zero attached hydrogens (tertiary/aromatic N) is 2. The summed E-state index contributed by atoms with van der Waals surface area (Å²) in [7, 11) is 3.20. The third-order valence-corrected chi connectivity index (χ3v) is 6.05. The van der Waals surface area contributed by atoms with Crippen LogP contribution < -0.4 is 19.7 Å². The van der Waals surface area contributed by atoms with Gasteiger partial charge in [-0.05, 0) is 43.5 Å². The first-order chi connectivity index (χ1) is 15.5. The van der Waals surface area contributed by atoms with Crippen molar-refractivity contribution < 1.29 is 23.9 Å². The molecule has 168 valence electrons. The number of benzene rings is 2. The van der Waals surface area contributed by atoms with Crippen molar-refractivity contribution in [3.63, 3.8) is 0 Å². The van der Waals surface area contributed by atoms with Crippen LogP contribution >= 0.6 is 0 Å². The summed E-state index contributed by atoms with van der Waals surface area (Å²) in [6.45, 7) is 0.653. The molecular formula is C24H27N3O5. The minimum absolute atomic E-state index is 0.0365. The van der Waals surface area contributed by atoms with Gasteiger partial charge in [-0.2, -0.15) is 0 Å². The fourth-order valence-corrected chi connectivity index (χ4v) is 4.44. The summed E-state index contributed by atoms with van der Waals surface area (Å²) in [5, 5.41) is 2.70. The highest BCUT2D eigenvalue weighted by Gasteiger charge is 2.40. The third kappa shape index (κ3) is 4.12. The Morgan fingerprint density at radius 2 is 1.88 bits per heavy atom. The highest BCUT2D eigenvalue weighted by Crippen LogP contribution is 2.39. The molecule has 0 aromatic heterocycles. The summed E-state index contributed by atoms with van der Waals surface area (Å²) in [4.78, 5) is 41.2. The molecule has 4 rings (SSSR count). The first-order valence-electron chi connectivity index (χ1n) is 10.7. The molecule has 2 saturated heterocycles. The van der Waals surface area contributed by atoms with Gasteiger partial charge in [-0.3, -0.25) is 9.59 Å². The second kappa shape index (κ2) is 9.30. The maximum absolute atomic E-state index is 13.1. The Bertz CT molecular complexity index is 1010. The number of carbonyl (C=O) groups is 3. The van der Waals surface area contributed by atoms with Crippen LogP contribution in [0.25, 0.3) is 0 Å². The van der Waals surface area contributed by atoms with Gasteiger partial charge in [0.25, 0.3) is 5.91 Å². The minimum Gasteiger partial charge on any atom is -0.497 e. The van der Waals surface area contributed by atoms with Crippen LogP contribution in [0, 0.1) is 0 Å². The molecule has 32 heavy (non-hydrogen) atoms. The molecule has 2 fully saturated rings. The number of urea groups is 1. The highest BCUT2D eigenvalue weighted by atomic mass is 16.5. The van der Waals surface area contributed by atoms with Gasteiger partial charge in [0.05, 0.1) is 25.9 Å². The Morgan fingerprint density at radius 1 is 1.09 bits per heavy atom. The molecule has 1 N–H and O–H groups in total. The molecular weight excluding hydrogens is 410 g/mol. The quantitative estimate of drug-likeness (QED) is 0.672. The largest absolute Gasteiger partial charge is 0.497 e. The van der Waals surface area contributed by atoms with Gasteiger partial charge < -0.3 is 19.7 Å². The molecule has 8 heteroatoms. The van der Waals surface area contributed by atoms with Crippen LogP contribution in [0.4, 0.5) is 10.5 Å². The molecule has 0 radical (unpaired) electrons. The Balaban J connectivity index is 1.42. The number of hydrogen-bond acceptors (Lipinski definition) is 5. The number of carbonyl (C=O) groups excluding carboxylic acids is 3. The number of amides is 4. The fraction of sp³-hybridized carbons (Fsp3) is 0.375. The van der Waals surface area contributed by atoms with Crippen molar-refractivity contribution in [3.05, 3.63) is 54.1 Å². The average Bonchev–Trinajstić information content (AvgIpc) is 3.41. The number of hydrogen-bond donors (Lipinski definition) is 1. The lowest BCUT2D eigenvalue weighted by Gasteiger charge is -2.27. The third-order valence-electron chi connectivity index (χ3n) is 6.05. The maximum atomic E-state index is 13.1. The SMILES string of the molecule is COc1ccc([C@@H]2CCCN2C(=O)CC[C@@H]2NC(=O)N(c3ccccc3)C2=O)c(OC)c1. The van der Waals surface area contributed by atoms with E-state index in [-0.39, 0.29) is 30.7 Å². The van der Waals surface area contributed by atoms with Gasteiger partial charge >= 0.3 is 6.03 Å². The number of imide groups is 1. The molecule has 2 atom stereocenters. The van der Waals surface area contributed by atoms with Crippen LogP contribution in [-0.4, -0.2) is 49.6 Å². The van der Waals surface area contributed by atoms with E-state index in [4.69, 9.17) is 9.47 Å². The van der Waals surface area contributed by atoms with E-state index in [1.165, 1.54) is 0 Å². The van der Waals surface area contributed by atoms with E-state index in [1.54, 1.807) is 38.5 Å². The van der Waals surface area contributed by atoms with Crippen LogP contribution in [0.5, 0.6) is 11.5 Å². The molecule has 2 aliphatic heterocycles. The zero-order valence-electron chi connectivity index (χ0n) is 18.2. The smallest absolute Gasteiger partial charge is 0.329 e. The van der Waals surface area contributed by atoms with Crippen LogP contribution in [0.15, 0.2) is 48.5 Å². The minimum atomic E-state index is -0.705. The van der Waals surface area contributed by atoms with Crippen LogP contribution in [0.1, 0.15) is 37.3 Å². The number of anilines is 1. The Hall–Kier alpha value is -3.55.